The Kier molecular flexibility index (Phi) is 6.91. The van der Waals surface area contributed by atoms with Gasteiger partial charge < -0.3 is 34.3 Å². The topological polar surface area (TPSA) is 132 Å². The van der Waals surface area contributed by atoms with Crippen LogP contribution in [0.5, 0.6) is 17.2 Å². The fourth-order valence-corrected chi connectivity index (χ4v) is 4.58. The summed E-state index contributed by atoms with van der Waals surface area (Å²) < 4.78 is 22.4. The van der Waals surface area contributed by atoms with Gasteiger partial charge >= 0.3 is 0 Å². The van der Waals surface area contributed by atoms with Gasteiger partial charge in [0.2, 0.25) is 0 Å². The number of ether oxygens (including phenoxy) is 3. The van der Waals surface area contributed by atoms with Gasteiger partial charge in [-0.1, -0.05) is 17.3 Å². The van der Waals surface area contributed by atoms with E-state index in [0.717, 1.165) is 5.56 Å². The number of carbonyl (C=O) groups is 3. The minimum absolute atomic E-state index is 0.231. The van der Waals surface area contributed by atoms with Crippen molar-refractivity contribution in [2.45, 2.75) is 32.5 Å². The molecule has 3 aliphatic heterocycles. The predicted octanol–water partition coefficient (Wildman–Crippen LogP) is 2.01. The van der Waals surface area contributed by atoms with Crippen molar-refractivity contribution >= 4 is 17.7 Å². The molecule has 4 bridgehead atoms. The minimum Gasteiger partial charge on any atom is -0.493 e. The second kappa shape index (κ2) is 10.4. The Bertz CT molecular complexity index is 1350. The molecule has 1 fully saturated rings. The third kappa shape index (κ3) is 5.13. The highest BCUT2D eigenvalue weighted by atomic mass is 16.5. The van der Waals surface area contributed by atoms with Gasteiger partial charge in [-0.05, 0) is 49.7 Å². The van der Waals surface area contributed by atoms with Gasteiger partial charge in [-0.2, -0.15) is 0 Å². The zero-order valence-corrected chi connectivity index (χ0v) is 21.3. The van der Waals surface area contributed by atoms with Crippen molar-refractivity contribution in [2.24, 2.45) is 0 Å². The Hall–Kier alpha value is -4.54. The number of benzene rings is 2. The SMILES string of the molecule is COc1ccc2cc1OCC(=O)NCc1ccc(cc1)O[C@H]1CN(C(=O)c3c(C)noc3C)C[C@@H]1NC2=O. The van der Waals surface area contributed by atoms with Crippen molar-refractivity contribution in [3.8, 4) is 17.2 Å². The van der Waals surface area contributed by atoms with Crippen LogP contribution in [-0.2, 0) is 11.3 Å². The predicted molar refractivity (Wildman–Crippen MR) is 134 cm³/mol. The molecule has 2 atom stereocenters. The number of hydrogen-bond donors (Lipinski definition) is 2. The molecule has 3 aliphatic rings. The molecule has 198 valence electrons. The van der Waals surface area contributed by atoms with E-state index < -0.39 is 12.1 Å². The normalized spacial score (nSPS) is 19.5. The Morgan fingerprint density at radius 2 is 1.89 bits per heavy atom. The molecule has 11 heteroatoms. The molecule has 0 saturated carbocycles. The van der Waals surface area contributed by atoms with E-state index in [9.17, 15) is 14.4 Å². The summed E-state index contributed by atoms with van der Waals surface area (Å²) >= 11 is 0. The standard InChI is InChI=1S/C27H28N4O7/c1-15-25(16(2)38-30-15)27(34)31-12-20-23(13-31)37-19-7-4-17(5-8-19)11-28-24(32)14-36-22-10-18(26(33)29-20)6-9-21(22)35-3/h4-10,20,23H,11-14H2,1-3H3,(H,28,32)(H,29,33)/t20-,23-/m0/s1. The van der Waals surface area contributed by atoms with Crippen molar-refractivity contribution in [2.75, 3.05) is 26.8 Å². The van der Waals surface area contributed by atoms with E-state index >= 15 is 0 Å². The van der Waals surface area contributed by atoms with Crippen LogP contribution in [0.15, 0.2) is 47.0 Å². The van der Waals surface area contributed by atoms with Gasteiger partial charge in [-0.25, -0.2) is 0 Å². The van der Waals surface area contributed by atoms with Crippen LogP contribution in [0.25, 0.3) is 0 Å². The van der Waals surface area contributed by atoms with Crippen molar-refractivity contribution in [1.29, 1.82) is 0 Å². The van der Waals surface area contributed by atoms with Gasteiger partial charge in [0.05, 0.1) is 25.4 Å². The largest absolute Gasteiger partial charge is 0.493 e. The molecule has 0 radical (unpaired) electrons. The molecule has 2 N–H and O–H groups in total. The summed E-state index contributed by atoms with van der Waals surface area (Å²) in [7, 11) is 1.48. The first kappa shape index (κ1) is 25.1. The summed E-state index contributed by atoms with van der Waals surface area (Å²) in [6.07, 6.45) is -0.515. The molecule has 3 aromatic rings. The first-order valence-electron chi connectivity index (χ1n) is 12.2. The lowest BCUT2D eigenvalue weighted by Gasteiger charge is -2.21. The smallest absolute Gasteiger partial charge is 0.259 e. The highest BCUT2D eigenvalue weighted by Gasteiger charge is 2.39. The van der Waals surface area contributed by atoms with Crippen molar-refractivity contribution in [3.05, 3.63) is 70.6 Å². The van der Waals surface area contributed by atoms with Crippen LogP contribution in [0.3, 0.4) is 0 Å². The van der Waals surface area contributed by atoms with Crippen molar-refractivity contribution in [3.63, 3.8) is 0 Å². The third-order valence-corrected chi connectivity index (χ3v) is 6.60. The van der Waals surface area contributed by atoms with Gasteiger partial charge in [-0.15, -0.1) is 0 Å². The number of aromatic nitrogens is 1. The van der Waals surface area contributed by atoms with E-state index in [1.54, 1.807) is 43.0 Å². The third-order valence-electron chi connectivity index (χ3n) is 6.60. The monoisotopic (exact) mass is 520 g/mol. The van der Waals surface area contributed by atoms with Crippen LogP contribution in [0.2, 0.25) is 0 Å². The molecule has 1 aromatic heterocycles. The maximum Gasteiger partial charge on any atom is 0.259 e. The number of nitrogens with zero attached hydrogens (tertiary/aromatic N) is 2. The second-order valence-corrected chi connectivity index (χ2v) is 9.22. The maximum atomic E-state index is 13.3. The van der Waals surface area contributed by atoms with Crippen molar-refractivity contribution < 1.29 is 33.1 Å². The molecule has 2 aromatic carbocycles. The molecule has 38 heavy (non-hydrogen) atoms. The van der Waals surface area contributed by atoms with E-state index in [1.807, 2.05) is 12.1 Å². The van der Waals surface area contributed by atoms with Gasteiger partial charge in [0.15, 0.2) is 18.1 Å². The van der Waals surface area contributed by atoms with Crippen LogP contribution >= 0.6 is 0 Å². The van der Waals surface area contributed by atoms with Crippen molar-refractivity contribution in [1.82, 2.24) is 20.7 Å². The quantitative estimate of drug-likeness (QED) is 0.525. The van der Waals surface area contributed by atoms with Crippen LogP contribution < -0.4 is 24.8 Å². The number of likely N-dealkylation sites (tertiary alicyclic amines) is 1. The number of carbonyl (C=O) groups excluding carboxylic acids is 3. The van der Waals surface area contributed by atoms with E-state index in [0.29, 0.717) is 40.6 Å². The molecule has 0 spiro atoms. The number of methoxy groups -OCH3 is 1. The van der Waals surface area contributed by atoms with Crippen LogP contribution in [0.1, 0.15) is 37.7 Å². The fraction of sp³-hybridized carbons (Fsp3) is 0.333. The Morgan fingerprint density at radius 1 is 1.11 bits per heavy atom. The highest BCUT2D eigenvalue weighted by Crippen LogP contribution is 2.29. The van der Waals surface area contributed by atoms with Gasteiger partial charge in [0.25, 0.3) is 17.7 Å². The summed E-state index contributed by atoms with van der Waals surface area (Å²) in [6.45, 7) is 3.96. The zero-order valence-electron chi connectivity index (χ0n) is 21.3. The minimum atomic E-state index is -0.515. The first-order chi connectivity index (χ1) is 18.3. The number of hydrogen-bond acceptors (Lipinski definition) is 8. The maximum absolute atomic E-state index is 13.3. The average Bonchev–Trinajstić information content (AvgIpc) is 3.47. The molecular weight excluding hydrogens is 492 g/mol. The van der Waals surface area contributed by atoms with Gasteiger partial charge in [0.1, 0.15) is 23.2 Å². The molecule has 1 saturated heterocycles. The summed E-state index contributed by atoms with van der Waals surface area (Å²) in [5.74, 6) is 0.734. The number of nitrogens with one attached hydrogen (secondary N) is 2. The van der Waals surface area contributed by atoms with Crippen LogP contribution in [-0.4, -0.2) is 66.7 Å². The summed E-state index contributed by atoms with van der Waals surface area (Å²) in [5, 5.41) is 9.70. The fourth-order valence-electron chi connectivity index (χ4n) is 4.58. The summed E-state index contributed by atoms with van der Waals surface area (Å²) in [6, 6.07) is 11.5. The first-order valence-corrected chi connectivity index (χ1v) is 12.2. The van der Waals surface area contributed by atoms with E-state index in [-0.39, 0.29) is 43.2 Å². The second-order valence-electron chi connectivity index (χ2n) is 9.22. The Morgan fingerprint density at radius 3 is 2.61 bits per heavy atom. The number of aryl methyl sites for hydroxylation is 2. The number of amides is 3. The lowest BCUT2D eigenvalue weighted by Crippen LogP contribution is -2.45. The lowest BCUT2D eigenvalue weighted by atomic mass is 10.1. The van der Waals surface area contributed by atoms with Crippen LogP contribution in [0.4, 0.5) is 0 Å². The molecule has 0 aliphatic carbocycles. The number of rotatable bonds is 2. The lowest BCUT2D eigenvalue weighted by molar-refractivity contribution is -0.123. The zero-order chi connectivity index (χ0) is 26.8. The van der Waals surface area contributed by atoms with E-state index in [2.05, 4.69) is 15.8 Å². The van der Waals surface area contributed by atoms with E-state index in [4.69, 9.17) is 18.7 Å². The Balaban J connectivity index is 1.46. The molecule has 6 rings (SSSR count). The Labute approximate surface area is 219 Å². The summed E-state index contributed by atoms with van der Waals surface area (Å²) in [5.41, 5.74) is 2.10. The van der Waals surface area contributed by atoms with E-state index in [1.165, 1.54) is 13.2 Å². The van der Waals surface area contributed by atoms with Gasteiger partial charge in [0, 0.05) is 18.7 Å². The molecular formula is C27H28N4O7. The molecule has 3 amide bonds. The molecule has 11 nitrogen and oxygen atoms in total. The van der Waals surface area contributed by atoms with Crippen LogP contribution in [0, 0.1) is 13.8 Å². The van der Waals surface area contributed by atoms with Gasteiger partial charge in [-0.3, -0.25) is 14.4 Å². The summed E-state index contributed by atoms with van der Waals surface area (Å²) in [4.78, 5) is 40.6. The molecule has 0 unspecified atom stereocenters. The number of fused-ring (bicyclic) bond motifs is 7. The molecule has 4 heterocycles. The average molecular weight is 521 g/mol. The highest BCUT2D eigenvalue weighted by molar-refractivity contribution is 5.97.